The predicted molar refractivity (Wildman–Crippen MR) is 126 cm³/mol. The molecule has 8 heteroatoms. The van der Waals surface area contributed by atoms with Crippen LogP contribution in [0.25, 0.3) is 21.8 Å². The molecule has 1 fully saturated rings. The first-order valence-electron chi connectivity index (χ1n) is 11.1. The van der Waals surface area contributed by atoms with Crippen molar-refractivity contribution < 1.29 is 9.59 Å². The number of carbonyl (C=O) groups is 2. The third kappa shape index (κ3) is 3.88. The van der Waals surface area contributed by atoms with E-state index in [4.69, 9.17) is 5.73 Å². The Kier molecular flexibility index (Phi) is 5.42. The zero-order chi connectivity index (χ0) is 22.9. The fourth-order valence-electron chi connectivity index (χ4n) is 4.68. The van der Waals surface area contributed by atoms with Crippen LogP contribution in [0, 0.1) is 5.92 Å². The number of hydrogen-bond acceptors (Lipinski definition) is 4. The van der Waals surface area contributed by atoms with Gasteiger partial charge in [-0.15, -0.1) is 0 Å². The summed E-state index contributed by atoms with van der Waals surface area (Å²) in [7, 11) is 0. The first-order chi connectivity index (χ1) is 16.0. The molecule has 0 aliphatic carbocycles. The number of rotatable bonds is 5. The van der Waals surface area contributed by atoms with Crippen LogP contribution in [0.4, 0.5) is 0 Å². The molecule has 2 N–H and O–H groups in total. The van der Waals surface area contributed by atoms with Crippen molar-refractivity contribution in [2.75, 3.05) is 13.1 Å². The molecule has 1 aliphatic rings. The maximum Gasteiger partial charge on any atom is 0.291 e. The quantitative estimate of drug-likeness (QED) is 0.510. The normalized spacial score (nSPS) is 14.7. The standard InChI is InChI=1S/C25H25N5O3/c26-24(32)18-10-12-28(13-11-18)22(31)16-30-25(33)23-20(14-27-30)19-8-4-5-9-21(19)29(23)15-17-6-2-1-3-7-17/h1-9,14,18H,10-13,15-16H2,(H2,26,32). The van der Waals surface area contributed by atoms with Crippen LogP contribution in [0.5, 0.6) is 0 Å². The van der Waals surface area contributed by atoms with Gasteiger partial charge in [0, 0.05) is 41.8 Å². The maximum absolute atomic E-state index is 13.5. The molecule has 8 nitrogen and oxygen atoms in total. The van der Waals surface area contributed by atoms with E-state index in [1.807, 2.05) is 59.2 Å². The van der Waals surface area contributed by atoms with Crippen LogP contribution in [0.2, 0.25) is 0 Å². The number of hydrogen-bond donors (Lipinski definition) is 1. The highest BCUT2D eigenvalue weighted by Gasteiger charge is 2.26. The Morgan fingerprint density at radius 1 is 0.970 bits per heavy atom. The van der Waals surface area contributed by atoms with Gasteiger partial charge in [-0.25, -0.2) is 4.68 Å². The van der Waals surface area contributed by atoms with Gasteiger partial charge in [0.2, 0.25) is 11.8 Å². The van der Waals surface area contributed by atoms with Gasteiger partial charge in [-0.05, 0) is 24.5 Å². The van der Waals surface area contributed by atoms with E-state index >= 15 is 0 Å². The van der Waals surface area contributed by atoms with Gasteiger partial charge in [-0.2, -0.15) is 5.10 Å². The summed E-state index contributed by atoms with van der Waals surface area (Å²) in [5.41, 5.74) is 7.66. The molecule has 0 radical (unpaired) electrons. The van der Waals surface area contributed by atoms with Crippen molar-refractivity contribution in [1.29, 1.82) is 0 Å². The van der Waals surface area contributed by atoms with Gasteiger partial charge >= 0.3 is 0 Å². The Morgan fingerprint density at radius 2 is 1.67 bits per heavy atom. The summed E-state index contributed by atoms with van der Waals surface area (Å²) in [6.07, 6.45) is 2.77. The number of aromatic nitrogens is 3. The molecule has 0 bridgehead atoms. The smallest absolute Gasteiger partial charge is 0.291 e. The molecule has 0 saturated carbocycles. The topological polar surface area (TPSA) is 103 Å². The minimum Gasteiger partial charge on any atom is -0.369 e. The second-order valence-electron chi connectivity index (χ2n) is 8.52. The van der Waals surface area contributed by atoms with E-state index in [9.17, 15) is 14.4 Å². The van der Waals surface area contributed by atoms with Crippen molar-refractivity contribution in [3.8, 4) is 0 Å². The van der Waals surface area contributed by atoms with Gasteiger partial charge in [0.05, 0.1) is 6.20 Å². The highest BCUT2D eigenvalue weighted by atomic mass is 16.2. The highest BCUT2D eigenvalue weighted by Crippen LogP contribution is 2.27. The van der Waals surface area contributed by atoms with E-state index in [-0.39, 0.29) is 29.8 Å². The maximum atomic E-state index is 13.5. The van der Waals surface area contributed by atoms with Crippen molar-refractivity contribution in [2.24, 2.45) is 11.7 Å². The molecule has 2 amide bonds. The van der Waals surface area contributed by atoms with Gasteiger partial charge in [-0.3, -0.25) is 14.4 Å². The number of fused-ring (bicyclic) bond motifs is 3. The third-order valence-electron chi connectivity index (χ3n) is 6.49. The summed E-state index contributed by atoms with van der Waals surface area (Å²) in [5.74, 6) is -0.700. The van der Waals surface area contributed by atoms with Crippen LogP contribution in [0.15, 0.2) is 65.6 Å². The zero-order valence-electron chi connectivity index (χ0n) is 18.2. The van der Waals surface area contributed by atoms with Crippen molar-refractivity contribution >= 4 is 33.6 Å². The number of benzene rings is 2. The Labute approximate surface area is 190 Å². The lowest BCUT2D eigenvalue weighted by molar-refractivity contribution is -0.135. The molecule has 0 unspecified atom stereocenters. The summed E-state index contributed by atoms with van der Waals surface area (Å²) in [5, 5.41) is 6.06. The molecule has 5 rings (SSSR count). The van der Waals surface area contributed by atoms with E-state index in [2.05, 4.69) is 5.10 Å². The van der Waals surface area contributed by atoms with Gasteiger partial charge in [0.1, 0.15) is 12.1 Å². The summed E-state index contributed by atoms with van der Waals surface area (Å²) < 4.78 is 3.24. The van der Waals surface area contributed by atoms with Crippen molar-refractivity contribution in [3.05, 3.63) is 76.7 Å². The summed E-state index contributed by atoms with van der Waals surface area (Å²) in [6.45, 7) is 1.32. The number of likely N-dealkylation sites (tertiary alicyclic amines) is 1. The molecule has 33 heavy (non-hydrogen) atoms. The van der Waals surface area contributed by atoms with Crippen molar-refractivity contribution in [1.82, 2.24) is 19.2 Å². The lowest BCUT2D eigenvalue weighted by Gasteiger charge is -2.30. The molecule has 0 spiro atoms. The zero-order valence-corrected chi connectivity index (χ0v) is 18.2. The second kappa shape index (κ2) is 8.54. The summed E-state index contributed by atoms with van der Waals surface area (Å²) in [4.78, 5) is 39.5. The minimum absolute atomic E-state index is 0.136. The van der Waals surface area contributed by atoms with Gasteiger partial charge in [0.15, 0.2) is 0 Å². The summed E-state index contributed by atoms with van der Waals surface area (Å²) in [6, 6.07) is 17.8. The number of piperidine rings is 1. The van der Waals surface area contributed by atoms with Crippen molar-refractivity contribution in [2.45, 2.75) is 25.9 Å². The number of para-hydroxylation sites is 1. The lowest BCUT2D eigenvalue weighted by Crippen LogP contribution is -2.44. The van der Waals surface area contributed by atoms with E-state index in [1.165, 1.54) is 4.68 Å². The van der Waals surface area contributed by atoms with E-state index in [1.54, 1.807) is 11.1 Å². The first kappa shape index (κ1) is 20.9. The van der Waals surface area contributed by atoms with Gasteiger partial charge in [0.25, 0.3) is 5.56 Å². The molecule has 3 heterocycles. The molecule has 2 aromatic carbocycles. The SMILES string of the molecule is NC(=O)C1CCN(C(=O)Cn2ncc3c4ccccc4n(Cc4ccccc4)c3c2=O)CC1. The van der Waals surface area contributed by atoms with Gasteiger partial charge in [-0.1, -0.05) is 48.5 Å². The molecule has 168 valence electrons. The molecule has 0 atom stereocenters. The summed E-state index contributed by atoms with van der Waals surface area (Å²) >= 11 is 0. The van der Waals surface area contributed by atoms with Crippen LogP contribution in [-0.4, -0.2) is 44.2 Å². The van der Waals surface area contributed by atoms with E-state index < -0.39 is 0 Å². The highest BCUT2D eigenvalue weighted by molar-refractivity contribution is 6.07. The van der Waals surface area contributed by atoms with Crippen molar-refractivity contribution in [3.63, 3.8) is 0 Å². The Morgan fingerprint density at radius 3 is 2.39 bits per heavy atom. The number of carbonyl (C=O) groups excluding carboxylic acids is 2. The van der Waals surface area contributed by atoms with E-state index in [0.29, 0.717) is 38.0 Å². The van der Waals surface area contributed by atoms with E-state index in [0.717, 1.165) is 21.9 Å². The molecule has 2 aromatic heterocycles. The monoisotopic (exact) mass is 443 g/mol. The van der Waals surface area contributed by atoms with Gasteiger partial charge < -0.3 is 15.2 Å². The number of nitrogens with zero attached hydrogens (tertiary/aromatic N) is 4. The average Bonchev–Trinajstić information content (AvgIpc) is 3.15. The lowest BCUT2D eigenvalue weighted by atomic mass is 9.96. The van der Waals surface area contributed by atoms with Crippen LogP contribution < -0.4 is 11.3 Å². The predicted octanol–water partition coefficient (Wildman–Crippen LogP) is 2.12. The third-order valence-corrected chi connectivity index (χ3v) is 6.49. The molecule has 4 aromatic rings. The van der Waals surface area contributed by atoms with Crippen LogP contribution in [0.3, 0.4) is 0 Å². The fourth-order valence-corrected chi connectivity index (χ4v) is 4.68. The molecular formula is C25H25N5O3. The number of nitrogens with two attached hydrogens (primary N) is 1. The van der Waals surface area contributed by atoms with Crippen LogP contribution in [-0.2, 0) is 22.7 Å². The molecular weight excluding hydrogens is 418 g/mol. The number of primary amides is 1. The Bertz CT molecular complexity index is 1400. The molecule has 1 saturated heterocycles. The Balaban J connectivity index is 1.50. The second-order valence-corrected chi connectivity index (χ2v) is 8.52. The largest absolute Gasteiger partial charge is 0.369 e. The minimum atomic E-state index is -0.323. The van der Waals surface area contributed by atoms with Crippen LogP contribution in [0.1, 0.15) is 18.4 Å². The molecule has 1 aliphatic heterocycles. The first-order valence-corrected chi connectivity index (χ1v) is 11.1. The Hall–Kier alpha value is -3.94. The van der Waals surface area contributed by atoms with Crippen LogP contribution >= 0.6 is 0 Å². The fraction of sp³-hybridized carbons (Fsp3) is 0.280. The number of amides is 2. The average molecular weight is 444 g/mol.